The van der Waals surface area contributed by atoms with Crippen molar-refractivity contribution < 1.29 is 9.53 Å². The molecule has 6 nitrogen and oxygen atoms in total. The molecule has 2 amide bonds. The lowest BCUT2D eigenvalue weighted by molar-refractivity contribution is 0.244. The Morgan fingerprint density at radius 2 is 1.85 bits per heavy atom. The van der Waals surface area contributed by atoms with Crippen LogP contribution in [0.3, 0.4) is 0 Å². The number of nitrogens with one attached hydrogen (secondary N) is 2. The Hall–Kier alpha value is -3.46. The number of benzene rings is 2. The van der Waals surface area contributed by atoms with Crippen LogP contribution in [0.5, 0.6) is 5.75 Å². The van der Waals surface area contributed by atoms with Gasteiger partial charge in [-0.1, -0.05) is 0 Å². The number of carbonyl (C=O) groups excluding carboxylic acids is 1. The molecule has 0 aliphatic rings. The van der Waals surface area contributed by atoms with Crippen molar-refractivity contribution in [3.63, 3.8) is 0 Å². The van der Waals surface area contributed by atoms with Crippen LogP contribution >= 0.6 is 0 Å². The first kappa shape index (κ1) is 18.3. The van der Waals surface area contributed by atoms with Gasteiger partial charge in [0, 0.05) is 28.5 Å². The smallest absolute Gasteiger partial charge is 0.319 e. The Bertz CT molecular complexity index is 1020. The minimum Gasteiger partial charge on any atom is -0.497 e. The van der Waals surface area contributed by atoms with Crippen molar-refractivity contribution in [2.24, 2.45) is 0 Å². The zero-order valence-electron chi connectivity index (χ0n) is 15.8. The maximum absolute atomic E-state index is 12.2. The van der Waals surface area contributed by atoms with Crippen LogP contribution in [-0.4, -0.2) is 23.2 Å². The number of methoxy groups -OCH3 is 1. The average Bonchev–Trinajstić information content (AvgIpc) is 2.98. The molecular weight excluding hydrogens is 340 g/mol. The number of amides is 2. The molecule has 0 saturated heterocycles. The molecule has 2 N–H and O–H groups in total. The lowest BCUT2D eigenvalue weighted by Gasteiger charge is -2.20. The second kappa shape index (κ2) is 7.04. The number of nitrogens with zero attached hydrogens (tertiary/aromatic N) is 2. The van der Waals surface area contributed by atoms with Crippen LogP contribution in [0.2, 0.25) is 0 Å². The molecule has 3 aromatic rings. The molecule has 0 radical (unpaired) electrons. The number of hydrogen-bond donors (Lipinski definition) is 2. The number of urea groups is 1. The summed E-state index contributed by atoms with van der Waals surface area (Å²) in [6.45, 7) is 5.76. The maximum Gasteiger partial charge on any atom is 0.319 e. The fourth-order valence-electron chi connectivity index (χ4n) is 2.85. The largest absolute Gasteiger partial charge is 0.497 e. The number of rotatable bonds is 3. The second-order valence-electron chi connectivity index (χ2n) is 7.28. The first-order valence-corrected chi connectivity index (χ1v) is 8.59. The van der Waals surface area contributed by atoms with Gasteiger partial charge < -0.3 is 19.9 Å². The number of fused-ring (bicyclic) bond motifs is 1. The van der Waals surface area contributed by atoms with Crippen LogP contribution in [0.1, 0.15) is 26.3 Å². The van der Waals surface area contributed by atoms with E-state index in [1.54, 1.807) is 19.4 Å². The molecule has 0 spiro atoms. The highest BCUT2D eigenvalue weighted by Crippen LogP contribution is 2.28. The predicted octanol–water partition coefficient (Wildman–Crippen LogP) is 4.43. The van der Waals surface area contributed by atoms with Gasteiger partial charge in [-0.25, -0.2) is 4.79 Å². The van der Waals surface area contributed by atoms with E-state index in [1.807, 2.05) is 61.7 Å². The van der Waals surface area contributed by atoms with Crippen molar-refractivity contribution in [3.8, 4) is 17.5 Å². The molecule has 0 saturated carbocycles. The van der Waals surface area contributed by atoms with E-state index in [-0.39, 0.29) is 11.6 Å². The van der Waals surface area contributed by atoms with Gasteiger partial charge in [0.15, 0.2) is 0 Å². The van der Waals surface area contributed by atoms with Gasteiger partial charge in [-0.05, 0) is 63.2 Å². The van der Waals surface area contributed by atoms with Crippen molar-refractivity contribution in [2.75, 3.05) is 12.4 Å². The molecule has 1 heterocycles. The summed E-state index contributed by atoms with van der Waals surface area (Å²) < 4.78 is 7.14. The summed E-state index contributed by atoms with van der Waals surface area (Å²) in [6.07, 6.45) is 1.80. The summed E-state index contributed by atoms with van der Waals surface area (Å²) in [4.78, 5) is 12.2. The first-order chi connectivity index (χ1) is 12.8. The highest BCUT2D eigenvalue weighted by molar-refractivity contribution is 5.95. The van der Waals surface area contributed by atoms with Crippen LogP contribution in [0.15, 0.2) is 48.7 Å². The summed E-state index contributed by atoms with van der Waals surface area (Å²) in [5.41, 5.74) is 2.64. The van der Waals surface area contributed by atoms with E-state index >= 15 is 0 Å². The second-order valence-corrected chi connectivity index (χ2v) is 7.28. The summed E-state index contributed by atoms with van der Waals surface area (Å²) in [6, 6.07) is 15.0. The molecule has 3 rings (SSSR count). The minimum atomic E-state index is -0.328. The molecule has 6 heteroatoms. The van der Waals surface area contributed by atoms with Gasteiger partial charge in [-0.15, -0.1) is 0 Å². The number of ether oxygens (including phenoxy) is 1. The minimum absolute atomic E-state index is 0.273. The predicted molar refractivity (Wildman–Crippen MR) is 106 cm³/mol. The van der Waals surface area contributed by atoms with Gasteiger partial charge in [0.2, 0.25) is 0 Å². The van der Waals surface area contributed by atoms with E-state index in [1.165, 1.54) is 0 Å². The highest BCUT2D eigenvalue weighted by Gasteiger charge is 2.15. The summed E-state index contributed by atoms with van der Waals surface area (Å²) in [5.74, 6) is 0.761. The number of anilines is 1. The lowest BCUT2D eigenvalue weighted by Crippen LogP contribution is -2.43. The van der Waals surface area contributed by atoms with Gasteiger partial charge >= 0.3 is 6.03 Å². The van der Waals surface area contributed by atoms with E-state index in [0.29, 0.717) is 11.3 Å². The van der Waals surface area contributed by atoms with Crippen molar-refractivity contribution in [1.29, 1.82) is 5.26 Å². The molecule has 0 aliphatic carbocycles. The van der Waals surface area contributed by atoms with Crippen molar-refractivity contribution in [1.82, 2.24) is 9.88 Å². The Kier molecular flexibility index (Phi) is 4.78. The SMILES string of the molecule is COc1ccc(-n2cc(C#N)c3ccc(NC(=O)NC(C)(C)C)cc32)cc1. The third-order valence-corrected chi connectivity index (χ3v) is 4.02. The van der Waals surface area contributed by atoms with E-state index in [2.05, 4.69) is 16.7 Å². The van der Waals surface area contributed by atoms with Gasteiger partial charge in [-0.2, -0.15) is 5.26 Å². The zero-order chi connectivity index (χ0) is 19.6. The van der Waals surface area contributed by atoms with E-state index < -0.39 is 0 Å². The topological polar surface area (TPSA) is 79.1 Å². The standard InChI is InChI=1S/C21H22N4O2/c1-21(2,3)24-20(26)23-15-5-10-18-14(12-22)13-25(19(18)11-15)16-6-8-17(27-4)9-7-16/h5-11,13H,1-4H3,(H2,23,24,26). The monoisotopic (exact) mass is 362 g/mol. The third-order valence-electron chi connectivity index (χ3n) is 4.02. The molecule has 0 bridgehead atoms. The Labute approximate surface area is 158 Å². The van der Waals surface area contributed by atoms with Crippen molar-refractivity contribution >= 4 is 22.6 Å². The van der Waals surface area contributed by atoms with Crippen LogP contribution in [0, 0.1) is 11.3 Å². The normalized spacial score (nSPS) is 11.1. The Morgan fingerprint density at radius 1 is 1.15 bits per heavy atom. The molecular formula is C21H22N4O2. The lowest BCUT2D eigenvalue weighted by atomic mass is 10.1. The van der Waals surface area contributed by atoms with E-state index in [0.717, 1.165) is 22.3 Å². The summed E-state index contributed by atoms with van der Waals surface area (Å²) in [5, 5.41) is 16.0. The number of carbonyl (C=O) groups is 1. The average molecular weight is 362 g/mol. The van der Waals surface area contributed by atoms with Crippen LogP contribution in [-0.2, 0) is 0 Å². The van der Waals surface area contributed by atoms with Crippen molar-refractivity contribution in [3.05, 3.63) is 54.2 Å². The number of hydrogen-bond acceptors (Lipinski definition) is 3. The van der Waals surface area contributed by atoms with Crippen LogP contribution in [0.4, 0.5) is 10.5 Å². The summed E-state index contributed by atoms with van der Waals surface area (Å²) in [7, 11) is 1.62. The fraction of sp³-hybridized carbons (Fsp3) is 0.238. The molecule has 27 heavy (non-hydrogen) atoms. The molecule has 0 unspecified atom stereocenters. The molecule has 0 atom stereocenters. The molecule has 0 fully saturated rings. The molecule has 2 aromatic carbocycles. The number of aromatic nitrogens is 1. The van der Waals surface area contributed by atoms with Crippen molar-refractivity contribution in [2.45, 2.75) is 26.3 Å². The molecule has 0 aliphatic heterocycles. The van der Waals surface area contributed by atoms with E-state index in [4.69, 9.17) is 4.74 Å². The van der Waals surface area contributed by atoms with Crippen LogP contribution < -0.4 is 15.4 Å². The van der Waals surface area contributed by atoms with E-state index in [9.17, 15) is 10.1 Å². The van der Waals surface area contributed by atoms with Crippen LogP contribution in [0.25, 0.3) is 16.6 Å². The third kappa shape index (κ3) is 4.04. The summed E-state index contributed by atoms with van der Waals surface area (Å²) >= 11 is 0. The maximum atomic E-state index is 12.2. The van der Waals surface area contributed by atoms with Gasteiger partial charge in [0.25, 0.3) is 0 Å². The highest BCUT2D eigenvalue weighted by atomic mass is 16.5. The molecule has 1 aromatic heterocycles. The quantitative estimate of drug-likeness (QED) is 0.723. The Morgan fingerprint density at radius 3 is 2.44 bits per heavy atom. The zero-order valence-corrected chi connectivity index (χ0v) is 15.8. The van der Waals surface area contributed by atoms with Gasteiger partial charge in [0.1, 0.15) is 11.8 Å². The fourth-order valence-corrected chi connectivity index (χ4v) is 2.85. The van der Waals surface area contributed by atoms with Gasteiger partial charge in [-0.3, -0.25) is 0 Å². The first-order valence-electron chi connectivity index (χ1n) is 8.59. The Balaban J connectivity index is 2.01. The molecule has 138 valence electrons. The van der Waals surface area contributed by atoms with Gasteiger partial charge in [0.05, 0.1) is 18.2 Å². The number of nitriles is 1.